The minimum Gasteiger partial charge on any atom is -0.472 e. The molecule has 0 spiro atoms. The van der Waals surface area contributed by atoms with Gasteiger partial charge in [-0.2, -0.15) is 0 Å². The maximum Gasteiger partial charge on any atom is 0.0947 e. The van der Waals surface area contributed by atoms with Gasteiger partial charge < -0.3 is 4.42 Å². The van der Waals surface area contributed by atoms with Crippen molar-refractivity contribution in [3.05, 3.63) is 54.2 Å². The third-order valence-electron chi connectivity index (χ3n) is 4.74. The van der Waals surface area contributed by atoms with Gasteiger partial charge in [0.1, 0.15) is 0 Å². The molecule has 0 bridgehead atoms. The second kappa shape index (κ2) is 5.62. The Bertz CT molecular complexity index is 555. The minimum absolute atomic E-state index is 0.820. The van der Waals surface area contributed by atoms with Crippen LogP contribution in [0.2, 0.25) is 0 Å². The number of fused-ring (bicyclic) bond motifs is 1. The third kappa shape index (κ3) is 2.87. The SMILES string of the molecule is c1ccc(CN2C[C@H]3CN(Cc4ccoc4)C[C@H]3C2)nc1. The predicted octanol–water partition coefficient (Wildman–Crippen LogP) is 2.24. The summed E-state index contributed by atoms with van der Waals surface area (Å²) in [5.41, 5.74) is 2.48. The molecule has 0 radical (unpaired) electrons. The molecule has 21 heavy (non-hydrogen) atoms. The van der Waals surface area contributed by atoms with Gasteiger partial charge in [0, 0.05) is 51.0 Å². The molecule has 0 unspecified atom stereocenters. The van der Waals surface area contributed by atoms with E-state index < -0.39 is 0 Å². The number of nitrogens with zero attached hydrogens (tertiary/aromatic N) is 3. The molecule has 2 aliphatic rings. The van der Waals surface area contributed by atoms with Gasteiger partial charge in [-0.25, -0.2) is 0 Å². The second-order valence-corrected chi connectivity index (χ2v) is 6.36. The van der Waals surface area contributed by atoms with Crippen molar-refractivity contribution < 1.29 is 4.42 Å². The van der Waals surface area contributed by atoms with Gasteiger partial charge in [-0.3, -0.25) is 14.8 Å². The number of furan rings is 1. The first-order valence-electron chi connectivity index (χ1n) is 7.72. The summed E-state index contributed by atoms with van der Waals surface area (Å²) in [5.74, 6) is 1.64. The van der Waals surface area contributed by atoms with Crippen molar-refractivity contribution in [2.75, 3.05) is 26.2 Å². The zero-order chi connectivity index (χ0) is 14.1. The van der Waals surface area contributed by atoms with Gasteiger partial charge in [-0.05, 0) is 30.0 Å². The van der Waals surface area contributed by atoms with E-state index in [2.05, 4.69) is 33.0 Å². The molecule has 2 fully saturated rings. The molecule has 2 aromatic heterocycles. The lowest BCUT2D eigenvalue weighted by Crippen LogP contribution is -2.28. The first kappa shape index (κ1) is 13.0. The van der Waals surface area contributed by atoms with Crippen molar-refractivity contribution in [3.63, 3.8) is 0 Å². The fraction of sp³-hybridized carbons (Fsp3) is 0.471. The van der Waals surface area contributed by atoms with E-state index in [9.17, 15) is 0 Å². The lowest BCUT2D eigenvalue weighted by molar-refractivity contribution is 0.244. The van der Waals surface area contributed by atoms with Crippen molar-refractivity contribution >= 4 is 0 Å². The van der Waals surface area contributed by atoms with Crippen LogP contribution < -0.4 is 0 Å². The van der Waals surface area contributed by atoms with Crippen LogP contribution in [0.15, 0.2) is 47.4 Å². The van der Waals surface area contributed by atoms with E-state index in [0.717, 1.165) is 24.9 Å². The smallest absolute Gasteiger partial charge is 0.0947 e. The number of rotatable bonds is 4. The largest absolute Gasteiger partial charge is 0.472 e. The number of aromatic nitrogens is 1. The van der Waals surface area contributed by atoms with E-state index in [1.165, 1.54) is 37.4 Å². The van der Waals surface area contributed by atoms with E-state index in [4.69, 9.17) is 4.42 Å². The van der Waals surface area contributed by atoms with Crippen molar-refractivity contribution in [1.29, 1.82) is 0 Å². The fourth-order valence-corrected chi connectivity index (χ4v) is 3.81. The highest BCUT2D eigenvalue weighted by molar-refractivity contribution is 5.07. The summed E-state index contributed by atoms with van der Waals surface area (Å²) >= 11 is 0. The number of pyridine rings is 1. The molecule has 4 heteroatoms. The van der Waals surface area contributed by atoms with Crippen LogP contribution in [-0.2, 0) is 13.1 Å². The number of hydrogen-bond donors (Lipinski definition) is 0. The predicted molar refractivity (Wildman–Crippen MR) is 80.5 cm³/mol. The highest BCUT2D eigenvalue weighted by atomic mass is 16.3. The molecule has 4 nitrogen and oxygen atoms in total. The fourth-order valence-electron chi connectivity index (χ4n) is 3.81. The van der Waals surface area contributed by atoms with Crippen LogP contribution in [0, 0.1) is 11.8 Å². The Kier molecular flexibility index (Phi) is 3.49. The van der Waals surface area contributed by atoms with Crippen molar-refractivity contribution in [2.24, 2.45) is 11.8 Å². The summed E-state index contributed by atoms with van der Waals surface area (Å²) in [6.07, 6.45) is 5.52. The van der Waals surface area contributed by atoms with Crippen LogP contribution in [0.4, 0.5) is 0 Å². The lowest BCUT2D eigenvalue weighted by Gasteiger charge is -2.20. The van der Waals surface area contributed by atoms with Gasteiger partial charge in [0.2, 0.25) is 0 Å². The normalized spacial score (nSPS) is 26.3. The van der Waals surface area contributed by atoms with Gasteiger partial charge >= 0.3 is 0 Å². The average Bonchev–Trinajstić information content (AvgIpc) is 3.17. The van der Waals surface area contributed by atoms with Gasteiger partial charge in [-0.1, -0.05) is 6.07 Å². The monoisotopic (exact) mass is 283 g/mol. The zero-order valence-electron chi connectivity index (χ0n) is 12.2. The van der Waals surface area contributed by atoms with Crippen molar-refractivity contribution in [3.8, 4) is 0 Å². The molecule has 2 saturated heterocycles. The summed E-state index contributed by atoms with van der Waals surface area (Å²) in [5, 5.41) is 0. The molecule has 4 rings (SSSR count). The van der Waals surface area contributed by atoms with Crippen LogP contribution in [0.5, 0.6) is 0 Å². The van der Waals surface area contributed by atoms with Gasteiger partial charge in [0.15, 0.2) is 0 Å². The highest BCUT2D eigenvalue weighted by Crippen LogP contribution is 2.32. The van der Waals surface area contributed by atoms with Gasteiger partial charge in [-0.15, -0.1) is 0 Å². The average molecular weight is 283 g/mol. The molecule has 4 heterocycles. The van der Waals surface area contributed by atoms with E-state index in [1.54, 1.807) is 6.26 Å². The molecule has 0 saturated carbocycles. The molecule has 0 aromatic carbocycles. The van der Waals surface area contributed by atoms with Crippen molar-refractivity contribution in [1.82, 2.24) is 14.8 Å². The molecule has 2 atom stereocenters. The van der Waals surface area contributed by atoms with E-state index in [1.807, 2.05) is 18.5 Å². The molecule has 2 aromatic rings. The third-order valence-corrected chi connectivity index (χ3v) is 4.74. The Morgan fingerprint density at radius 3 is 2.38 bits per heavy atom. The van der Waals surface area contributed by atoms with Crippen LogP contribution in [0.25, 0.3) is 0 Å². The van der Waals surface area contributed by atoms with Gasteiger partial charge in [0.05, 0.1) is 18.2 Å². The minimum atomic E-state index is 0.820. The topological polar surface area (TPSA) is 32.5 Å². The molecule has 0 N–H and O–H groups in total. The van der Waals surface area contributed by atoms with Crippen LogP contribution in [0.1, 0.15) is 11.3 Å². The maximum atomic E-state index is 5.16. The van der Waals surface area contributed by atoms with E-state index in [0.29, 0.717) is 0 Å². The van der Waals surface area contributed by atoms with Crippen LogP contribution in [-0.4, -0.2) is 41.0 Å². The highest BCUT2D eigenvalue weighted by Gasteiger charge is 2.39. The Balaban J connectivity index is 1.31. The maximum absolute atomic E-state index is 5.16. The molecule has 110 valence electrons. The summed E-state index contributed by atoms with van der Waals surface area (Å²) in [4.78, 5) is 9.57. The summed E-state index contributed by atoms with van der Waals surface area (Å²) in [7, 11) is 0. The first-order chi connectivity index (χ1) is 10.4. The molecular weight excluding hydrogens is 262 g/mol. The van der Waals surface area contributed by atoms with Gasteiger partial charge in [0.25, 0.3) is 0 Å². The second-order valence-electron chi connectivity index (χ2n) is 6.36. The summed E-state index contributed by atoms with van der Waals surface area (Å²) in [6.45, 7) is 6.88. The Morgan fingerprint density at radius 2 is 1.76 bits per heavy atom. The van der Waals surface area contributed by atoms with E-state index in [-0.39, 0.29) is 0 Å². The molecular formula is C17H21N3O. The number of likely N-dealkylation sites (tertiary alicyclic amines) is 2. The van der Waals surface area contributed by atoms with Crippen molar-refractivity contribution in [2.45, 2.75) is 13.1 Å². The quantitative estimate of drug-likeness (QED) is 0.861. The van der Waals surface area contributed by atoms with E-state index >= 15 is 0 Å². The first-order valence-corrected chi connectivity index (χ1v) is 7.72. The lowest BCUT2D eigenvalue weighted by atomic mass is 10.0. The Morgan fingerprint density at radius 1 is 1.00 bits per heavy atom. The molecule has 2 aliphatic heterocycles. The van der Waals surface area contributed by atoms with Crippen LogP contribution in [0.3, 0.4) is 0 Å². The Labute approximate surface area is 125 Å². The Hall–Kier alpha value is -1.65. The summed E-state index contributed by atoms with van der Waals surface area (Å²) < 4.78 is 5.16. The standard InChI is InChI=1S/C17H21N3O/c1-2-5-18-17(3-1)12-20-10-15-8-19(9-16(15)11-20)7-14-4-6-21-13-14/h1-6,13,15-16H,7-12H2/t15-,16+. The zero-order valence-corrected chi connectivity index (χ0v) is 12.2. The molecule has 0 aliphatic carbocycles. The number of hydrogen-bond acceptors (Lipinski definition) is 4. The molecule has 0 amide bonds. The summed E-state index contributed by atoms with van der Waals surface area (Å²) in [6, 6.07) is 8.25. The van der Waals surface area contributed by atoms with Crippen LogP contribution >= 0.6 is 0 Å².